The molecule has 3 heterocycles. The number of hydrogen-bond acceptors (Lipinski definition) is 3. The molecule has 5 nitrogen and oxygen atoms in total. The van der Waals surface area contributed by atoms with E-state index in [1.54, 1.807) is 6.20 Å². The van der Waals surface area contributed by atoms with Crippen LogP contribution in [0.25, 0.3) is 0 Å². The maximum absolute atomic E-state index is 12.7. The molecule has 1 N–H and O–H groups in total. The van der Waals surface area contributed by atoms with Gasteiger partial charge >= 0.3 is 0 Å². The number of carbonyl (C=O) groups excluding carboxylic acids is 1. The van der Waals surface area contributed by atoms with Crippen molar-refractivity contribution in [2.24, 2.45) is 0 Å². The fraction of sp³-hybridized carbons (Fsp3) is 0.500. The predicted molar refractivity (Wildman–Crippen MR) is 97.4 cm³/mol. The summed E-state index contributed by atoms with van der Waals surface area (Å²) < 4.78 is 2.12. The maximum atomic E-state index is 12.7. The third-order valence-electron chi connectivity index (χ3n) is 5.31. The Kier molecular flexibility index (Phi) is 4.83. The quantitative estimate of drug-likeness (QED) is 0.880. The lowest BCUT2D eigenvalue weighted by Crippen LogP contribution is -2.41. The second-order valence-electron chi connectivity index (χ2n) is 7.14. The first-order chi connectivity index (χ1) is 12.3. The smallest absolute Gasteiger partial charge is 0.267 e. The average molecular weight is 338 g/mol. The number of nitrogens with one attached hydrogen (secondary N) is 1. The van der Waals surface area contributed by atoms with Crippen LogP contribution in [0.3, 0.4) is 0 Å². The molecule has 1 saturated carbocycles. The van der Waals surface area contributed by atoms with Crippen LogP contribution >= 0.6 is 0 Å². The van der Waals surface area contributed by atoms with E-state index in [2.05, 4.69) is 25.8 Å². The van der Waals surface area contributed by atoms with Gasteiger partial charge in [-0.15, -0.1) is 0 Å². The van der Waals surface area contributed by atoms with E-state index in [0.717, 1.165) is 18.8 Å². The maximum Gasteiger partial charge on any atom is 0.267 e. The van der Waals surface area contributed by atoms with Crippen LogP contribution in [0.1, 0.15) is 60.2 Å². The number of nitrogens with zero attached hydrogens (tertiary/aromatic N) is 3. The van der Waals surface area contributed by atoms with Gasteiger partial charge in [-0.25, -0.2) is 0 Å². The molecule has 1 atom stereocenters. The molecule has 2 fully saturated rings. The summed E-state index contributed by atoms with van der Waals surface area (Å²) in [5.41, 5.74) is 1.97. The Hall–Kier alpha value is -2.14. The Morgan fingerprint density at radius 3 is 2.76 bits per heavy atom. The van der Waals surface area contributed by atoms with Crippen molar-refractivity contribution in [3.8, 4) is 0 Å². The molecule has 0 aromatic carbocycles. The van der Waals surface area contributed by atoms with Crippen LogP contribution in [0, 0.1) is 0 Å². The summed E-state index contributed by atoms with van der Waals surface area (Å²) in [5.74, 6) is 0.0304. The molecule has 5 heteroatoms. The van der Waals surface area contributed by atoms with Crippen molar-refractivity contribution in [1.29, 1.82) is 0 Å². The van der Waals surface area contributed by atoms with Crippen molar-refractivity contribution in [3.63, 3.8) is 0 Å². The highest BCUT2D eigenvalue weighted by Crippen LogP contribution is 2.36. The first-order valence-electron chi connectivity index (χ1n) is 9.42. The van der Waals surface area contributed by atoms with Gasteiger partial charge in [-0.05, 0) is 62.5 Å². The molecule has 1 saturated heterocycles. The van der Waals surface area contributed by atoms with Crippen molar-refractivity contribution >= 4 is 5.91 Å². The van der Waals surface area contributed by atoms with E-state index in [1.807, 2.05) is 30.6 Å². The Labute approximate surface area is 149 Å². The van der Waals surface area contributed by atoms with Gasteiger partial charge in [0.1, 0.15) is 5.69 Å². The standard InChI is InChI=1S/C20H26N4O/c25-20(18-7-5-13-24(18)17-8-9-17)22-15-19(16-6-4-10-21-14-16)23-11-2-1-3-12-23/h4-7,10,13-14,17,19H,1-3,8-9,11-12,15H2,(H,22,25). The van der Waals surface area contributed by atoms with Gasteiger partial charge in [0.2, 0.25) is 0 Å². The van der Waals surface area contributed by atoms with E-state index in [9.17, 15) is 4.79 Å². The number of likely N-dealkylation sites (tertiary alicyclic amines) is 1. The molecule has 0 bridgehead atoms. The normalized spacial score (nSPS) is 19.5. The number of aromatic nitrogens is 2. The summed E-state index contributed by atoms with van der Waals surface area (Å²) in [4.78, 5) is 19.5. The number of hydrogen-bond donors (Lipinski definition) is 1. The minimum Gasteiger partial charge on any atom is -0.349 e. The van der Waals surface area contributed by atoms with Gasteiger partial charge in [0, 0.05) is 31.2 Å². The van der Waals surface area contributed by atoms with Crippen LogP contribution in [-0.2, 0) is 0 Å². The third-order valence-corrected chi connectivity index (χ3v) is 5.31. The van der Waals surface area contributed by atoms with Crippen LogP contribution in [-0.4, -0.2) is 40.0 Å². The zero-order chi connectivity index (χ0) is 17.1. The lowest BCUT2D eigenvalue weighted by molar-refractivity contribution is 0.0915. The lowest BCUT2D eigenvalue weighted by atomic mass is 10.0. The van der Waals surface area contributed by atoms with E-state index in [0.29, 0.717) is 12.6 Å². The first-order valence-corrected chi connectivity index (χ1v) is 9.42. The molecule has 0 radical (unpaired) electrons. The minimum absolute atomic E-state index is 0.0304. The highest BCUT2D eigenvalue weighted by molar-refractivity contribution is 5.92. The van der Waals surface area contributed by atoms with Crippen molar-refractivity contribution in [2.75, 3.05) is 19.6 Å². The zero-order valence-corrected chi connectivity index (χ0v) is 14.6. The number of piperidine rings is 1. The molecule has 0 spiro atoms. The average Bonchev–Trinajstić information content (AvgIpc) is 3.40. The van der Waals surface area contributed by atoms with Gasteiger partial charge in [0.25, 0.3) is 5.91 Å². The summed E-state index contributed by atoms with van der Waals surface area (Å²) in [6.45, 7) is 2.81. The van der Waals surface area contributed by atoms with Crippen LogP contribution in [0.5, 0.6) is 0 Å². The van der Waals surface area contributed by atoms with E-state index in [4.69, 9.17) is 0 Å². The molecule has 4 rings (SSSR count). The fourth-order valence-electron chi connectivity index (χ4n) is 3.80. The van der Waals surface area contributed by atoms with Gasteiger partial charge in [0.15, 0.2) is 0 Å². The Morgan fingerprint density at radius 2 is 2.04 bits per heavy atom. The van der Waals surface area contributed by atoms with Crippen molar-refractivity contribution < 1.29 is 4.79 Å². The topological polar surface area (TPSA) is 50.2 Å². The zero-order valence-electron chi connectivity index (χ0n) is 14.6. The van der Waals surface area contributed by atoms with E-state index in [1.165, 1.54) is 37.7 Å². The summed E-state index contributed by atoms with van der Waals surface area (Å²) in [6.07, 6.45) is 11.9. The van der Waals surface area contributed by atoms with E-state index in [-0.39, 0.29) is 11.9 Å². The molecule has 25 heavy (non-hydrogen) atoms. The minimum atomic E-state index is 0.0304. The van der Waals surface area contributed by atoms with Crippen molar-refractivity contribution in [3.05, 3.63) is 54.1 Å². The summed E-state index contributed by atoms with van der Waals surface area (Å²) >= 11 is 0. The predicted octanol–water partition coefficient (Wildman–Crippen LogP) is 3.18. The number of pyridine rings is 1. The van der Waals surface area contributed by atoms with Crippen LogP contribution in [0.4, 0.5) is 0 Å². The lowest BCUT2D eigenvalue weighted by Gasteiger charge is -2.34. The van der Waals surface area contributed by atoms with Gasteiger partial charge in [0.05, 0.1) is 6.04 Å². The Morgan fingerprint density at radius 1 is 1.20 bits per heavy atom. The number of amides is 1. The van der Waals surface area contributed by atoms with Gasteiger partial charge in [-0.2, -0.15) is 0 Å². The molecule has 2 aromatic heterocycles. The highest BCUT2D eigenvalue weighted by atomic mass is 16.1. The van der Waals surface area contributed by atoms with Crippen LogP contribution in [0.2, 0.25) is 0 Å². The first kappa shape index (κ1) is 16.3. The molecule has 132 valence electrons. The van der Waals surface area contributed by atoms with E-state index < -0.39 is 0 Å². The molecule has 1 aliphatic heterocycles. The molecule has 1 unspecified atom stereocenters. The third kappa shape index (κ3) is 3.76. The van der Waals surface area contributed by atoms with Gasteiger partial charge in [-0.3, -0.25) is 14.7 Å². The molecular weight excluding hydrogens is 312 g/mol. The Bertz CT molecular complexity index is 701. The monoisotopic (exact) mass is 338 g/mol. The van der Waals surface area contributed by atoms with E-state index >= 15 is 0 Å². The largest absolute Gasteiger partial charge is 0.349 e. The van der Waals surface area contributed by atoms with Crippen molar-refractivity contribution in [1.82, 2.24) is 19.8 Å². The highest BCUT2D eigenvalue weighted by Gasteiger charge is 2.28. The molecular formula is C20H26N4O. The Balaban J connectivity index is 1.46. The number of rotatable bonds is 6. The van der Waals surface area contributed by atoms with Gasteiger partial charge in [-0.1, -0.05) is 12.5 Å². The van der Waals surface area contributed by atoms with Crippen LogP contribution < -0.4 is 5.32 Å². The summed E-state index contributed by atoms with van der Waals surface area (Å²) in [7, 11) is 0. The SMILES string of the molecule is O=C(NCC(c1cccnc1)N1CCCCC1)c1cccn1C1CC1. The second kappa shape index (κ2) is 7.40. The van der Waals surface area contributed by atoms with Gasteiger partial charge < -0.3 is 9.88 Å². The summed E-state index contributed by atoms with van der Waals surface area (Å²) in [5, 5.41) is 3.17. The molecule has 2 aliphatic rings. The number of carbonyl (C=O) groups is 1. The van der Waals surface area contributed by atoms with Crippen molar-refractivity contribution in [2.45, 2.75) is 44.2 Å². The summed E-state index contributed by atoms with van der Waals surface area (Å²) in [6, 6.07) is 8.70. The fourth-order valence-corrected chi connectivity index (χ4v) is 3.80. The second-order valence-corrected chi connectivity index (χ2v) is 7.14. The molecule has 1 aliphatic carbocycles. The molecule has 2 aromatic rings. The molecule has 1 amide bonds. The van der Waals surface area contributed by atoms with Crippen LogP contribution in [0.15, 0.2) is 42.9 Å².